The van der Waals surface area contributed by atoms with Crippen molar-refractivity contribution in [3.8, 4) is 0 Å². The van der Waals surface area contributed by atoms with Gasteiger partial charge >= 0.3 is 0 Å². The van der Waals surface area contributed by atoms with Gasteiger partial charge in [-0.2, -0.15) is 0 Å². The molecule has 0 aromatic carbocycles. The van der Waals surface area contributed by atoms with Gasteiger partial charge in [0.25, 0.3) is 0 Å². The van der Waals surface area contributed by atoms with Gasteiger partial charge in [-0.15, -0.1) is 0 Å². The third-order valence-corrected chi connectivity index (χ3v) is 8.68. The molecule has 0 radical (unpaired) electrons. The maximum absolute atomic E-state index is 10.3. The molecule has 3 rings (SSSR count). The molecule has 0 amide bonds. The quantitative estimate of drug-likeness (QED) is 0.490. The second-order valence-electron chi connectivity index (χ2n) is 11.2. The zero-order valence-corrected chi connectivity index (χ0v) is 20.0. The Balaban J connectivity index is 1.75. The van der Waals surface area contributed by atoms with E-state index in [1.54, 1.807) is 5.57 Å². The van der Waals surface area contributed by atoms with Crippen LogP contribution in [-0.2, 0) is 0 Å². The maximum Gasteiger partial charge on any atom is 0.0651 e. The van der Waals surface area contributed by atoms with E-state index >= 15 is 0 Å². The number of hydrogen-bond donors (Lipinski definition) is 2. The highest BCUT2D eigenvalue weighted by molar-refractivity contribution is 5.36. The van der Waals surface area contributed by atoms with Crippen molar-refractivity contribution in [2.24, 2.45) is 29.1 Å². The molecule has 30 heavy (non-hydrogen) atoms. The Bertz CT molecular complexity index is 719. The molecule has 6 atom stereocenters. The van der Waals surface area contributed by atoms with Gasteiger partial charge in [-0.05, 0) is 94.0 Å². The van der Waals surface area contributed by atoms with Crippen LogP contribution in [0, 0.1) is 29.1 Å². The highest BCUT2D eigenvalue weighted by Crippen LogP contribution is 2.59. The SMILES string of the molecule is C=C1CC[C@H](O)CC1=CC=C1CCC[C@]2(C)C([C@H](C)C=C[C@H](C)C(C)(C)O)CC[C@@H]12. The van der Waals surface area contributed by atoms with E-state index in [0.717, 1.165) is 19.3 Å². The lowest BCUT2D eigenvalue weighted by molar-refractivity contribution is 0.0436. The van der Waals surface area contributed by atoms with Crippen molar-refractivity contribution in [1.82, 2.24) is 0 Å². The fraction of sp³-hybridized carbons (Fsp3) is 0.714. The average molecular weight is 413 g/mol. The van der Waals surface area contributed by atoms with Gasteiger partial charge < -0.3 is 10.2 Å². The summed E-state index contributed by atoms with van der Waals surface area (Å²) in [5, 5.41) is 20.3. The summed E-state index contributed by atoms with van der Waals surface area (Å²) in [7, 11) is 0. The maximum atomic E-state index is 10.3. The predicted molar refractivity (Wildman–Crippen MR) is 127 cm³/mol. The van der Waals surface area contributed by atoms with Crippen LogP contribution in [0.3, 0.4) is 0 Å². The highest BCUT2D eigenvalue weighted by atomic mass is 16.3. The zero-order valence-electron chi connectivity index (χ0n) is 20.0. The van der Waals surface area contributed by atoms with Gasteiger partial charge in [0.2, 0.25) is 0 Å². The molecule has 0 aromatic heterocycles. The molecule has 3 aliphatic rings. The molecule has 3 aliphatic carbocycles. The molecule has 168 valence electrons. The Morgan fingerprint density at radius 3 is 2.53 bits per heavy atom. The third-order valence-electron chi connectivity index (χ3n) is 8.68. The van der Waals surface area contributed by atoms with E-state index in [1.807, 2.05) is 13.8 Å². The van der Waals surface area contributed by atoms with Gasteiger partial charge in [-0.25, -0.2) is 0 Å². The summed E-state index contributed by atoms with van der Waals surface area (Å²) in [4.78, 5) is 0. The molecule has 3 saturated carbocycles. The first-order valence-corrected chi connectivity index (χ1v) is 12.2. The summed E-state index contributed by atoms with van der Waals surface area (Å²) in [6.45, 7) is 15.0. The topological polar surface area (TPSA) is 40.5 Å². The normalized spacial score (nSPS) is 37.7. The molecule has 2 heteroatoms. The standard InChI is InChI=1S/C28H44O2/c1-19-10-14-24(29)18-23(19)13-12-22-8-7-17-28(6)25(15-16-26(22)28)20(2)9-11-21(3)27(4,5)30/h9,11-13,20-21,24-26,29-30H,1,7-8,10,14-18H2,2-6H3/t20-,21+,24+,25?,26+,28-/m1/s1. The lowest BCUT2D eigenvalue weighted by atomic mass is 9.61. The Kier molecular flexibility index (Phi) is 7.19. The van der Waals surface area contributed by atoms with Crippen LogP contribution in [0.1, 0.15) is 86.0 Å². The number of hydrogen-bond acceptors (Lipinski definition) is 2. The molecule has 2 N–H and O–H groups in total. The molecule has 0 aliphatic heterocycles. The fourth-order valence-electron chi connectivity index (χ4n) is 6.25. The van der Waals surface area contributed by atoms with Gasteiger partial charge in [-0.1, -0.05) is 62.8 Å². The Labute approximate surface area is 184 Å². The van der Waals surface area contributed by atoms with Gasteiger partial charge in [0.1, 0.15) is 0 Å². The van der Waals surface area contributed by atoms with Crippen LogP contribution in [0.15, 0.2) is 47.6 Å². The predicted octanol–water partition coefficient (Wildman–Crippen LogP) is 6.76. The van der Waals surface area contributed by atoms with Gasteiger partial charge in [-0.3, -0.25) is 0 Å². The first-order chi connectivity index (χ1) is 14.0. The van der Waals surface area contributed by atoms with Crippen LogP contribution in [-0.4, -0.2) is 21.9 Å². The van der Waals surface area contributed by atoms with E-state index in [1.165, 1.54) is 43.3 Å². The van der Waals surface area contributed by atoms with Crippen molar-refractivity contribution >= 4 is 0 Å². The monoisotopic (exact) mass is 412 g/mol. The van der Waals surface area contributed by atoms with Gasteiger partial charge in [0.15, 0.2) is 0 Å². The Morgan fingerprint density at radius 2 is 1.83 bits per heavy atom. The molecule has 0 saturated heterocycles. The van der Waals surface area contributed by atoms with Crippen molar-refractivity contribution in [1.29, 1.82) is 0 Å². The summed E-state index contributed by atoms with van der Waals surface area (Å²) in [5.41, 5.74) is 3.78. The second kappa shape index (κ2) is 9.17. The van der Waals surface area contributed by atoms with Crippen molar-refractivity contribution in [3.05, 3.63) is 47.6 Å². The smallest absolute Gasteiger partial charge is 0.0651 e. The third kappa shape index (κ3) is 5.02. The fourth-order valence-corrected chi connectivity index (χ4v) is 6.25. The number of fused-ring (bicyclic) bond motifs is 1. The average Bonchev–Trinajstić information content (AvgIpc) is 3.03. The molecule has 0 heterocycles. The van der Waals surface area contributed by atoms with Crippen LogP contribution in [0.25, 0.3) is 0 Å². The van der Waals surface area contributed by atoms with Crippen LogP contribution in [0.5, 0.6) is 0 Å². The number of aliphatic hydroxyl groups excluding tert-OH is 1. The first kappa shape index (κ1) is 23.5. The summed E-state index contributed by atoms with van der Waals surface area (Å²) < 4.78 is 0. The van der Waals surface area contributed by atoms with Crippen LogP contribution >= 0.6 is 0 Å². The van der Waals surface area contributed by atoms with E-state index in [4.69, 9.17) is 0 Å². The summed E-state index contributed by atoms with van der Waals surface area (Å²) >= 11 is 0. The molecule has 3 fully saturated rings. The second-order valence-corrected chi connectivity index (χ2v) is 11.2. The molecular formula is C28H44O2. The molecule has 0 spiro atoms. The van der Waals surface area contributed by atoms with Crippen LogP contribution < -0.4 is 0 Å². The van der Waals surface area contributed by atoms with Crippen molar-refractivity contribution in [2.75, 3.05) is 0 Å². The minimum Gasteiger partial charge on any atom is -0.393 e. The molecule has 0 aromatic rings. The minimum absolute atomic E-state index is 0.164. The van der Waals surface area contributed by atoms with Crippen molar-refractivity contribution in [3.63, 3.8) is 0 Å². The zero-order chi connectivity index (χ0) is 22.1. The van der Waals surface area contributed by atoms with E-state index in [0.29, 0.717) is 23.2 Å². The minimum atomic E-state index is -0.663. The molecule has 2 nitrogen and oxygen atoms in total. The summed E-state index contributed by atoms with van der Waals surface area (Å²) in [6.07, 6.45) is 18.0. The van der Waals surface area contributed by atoms with E-state index < -0.39 is 5.60 Å². The van der Waals surface area contributed by atoms with Crippen molar-refractivity contribution < 1.29 is 10.2 Å². The number of rotatable bonds is 5. The molecule has 1 unspecified atom stereocenters. The van der Waals surface area contributed by atoms with E-state index in [-0.39, 0.29) is 12.0 Å². The van der Waals surface area contributed by atoms with E-state index in [9.17, 15) is 10.2 Å². The Hall–Kier alpha value is -1.12. The van der Waals surface area contributed by atoms with Gasteiger partial charge in [0.05, 0.1) is 11.7 Å². The largest absolute Gasteiger partial charge is 0.393 e. The van der Waals surface area contributed by atoms with Crippen molar-refractivity contribution in [2.45, 2.75) is 97.7 Å². The van der Waals surface area contributed by atoms with Gasteiger partial charge in [0, 0.05) is 5.92 Å². The molecule has 0 bridgehead atoms. The summed E-state index contributed by atoms with van der Waals surface area (Å²) in [6, 6.07) is 0. The first-order valence-electron chi connectivity index (χ1n) is 12.2. The number of aliphatic hydroxyl groups is 2. The molecular weight excluding hydrogens is 368 g/mol. The lowest BCUT2D eigenvalue weighted by Crippen LogP contribution is -2.35. The summed E-state index contributed by atoms with van der Waals surface area (Å²) in [5.74, 6) is 2.08. The lowest BCUT2D eigenvalue weighted by Gasteiger charge is -2.44. The Morgan fingerprint density at radius 1 is 1.10 bits per heavy atom. The van der Waals surface area contributed by atoms with Crippen LogP contribution in [0.2, 0.25) is 0 Å². The van der Waals surface area contributed by atoms with E-state index in [2.05, 4.69) is 51.7 Å². The number of allylic oxidation sites excluding steroid dienone is 5. The highest BCUT2D eigenvalue weighted by Gasteiger charge is 2.50. The van der Waals surface area contributed by atoms with Crippen LogP contribution in [0.4, 0.5) is 0 Å².